The van der Waals surface area contributed by atoms with Gasteiger partial charge < -0.3 is 26.4 Å². The van der Waals surface area contributed by atoms with E-state index in [9.17, 15) is 4.79 Å². The van der Waals surface area contributed by atoms with E-state index in [1.807, 2.05) is 18.2 Å². The van der Waals surface area contributed by atoms with Crippen LogP contribution in [0.3, 0.4) is 0 Å². The molecule has 3 aromatic rings. The number of nitrogen functional groups attached to an aromatic ring is 1. The van der Waals surface area contributed by atoms with Crippen molar-refractivity contribution in [1.29, 1.82) is 0 Å². The Bertz CT molecular complexity index is 1190. The first-order valence-electron chi connectivity index (χ1n) is 11.2. The highest BCUT2D eigenvalue weighted by molar-refractivity contribution is 6.06. The average molecular weight is 433 g/mol. The maximum Gasteiger partial charge on any atom is 0.274 e. The van der Waals surface area contributed by atoms with E-state index < -0.39 is 0 Å². The normalized spacial score (nSPS) is 17.8. The second-order valence-electron chi connectivity index (χ2n) is 8.51. The van der Waals surface area contributed by atoms with Gasteiger partial charge in [-0.3, -0.25) is 4.79 Å². The second kappa shape index (κ2) is 8.27. The molecule has 0 radical (unpaired) electrons. The molecule has 0 spiro atoms. The summed E-state index contributed by atoms with van der Waals surface area (Å²) in [4.78, 5) is 24.5. The maximum absolute atomic E-state index is 13.2. The molecule has 0 saturated carbocycles. The summed E-state index contributed by atoms with van der Waals surface area (Å²) in [7, 11) is 0. The molecule has 2 aliphatic rings. The lowest BCUT2D eigenvalue weighted by Crippen LogP contribution is -2.43. The number of amides is 1. The van der Waals surface area contributed by atoms with E-state index in [1.54, 1.807) is 12.3 Å². The first-order valence-corrected chi connectivity index (χ1v) is 11.2. The lowest BCUT2D eigenvalue weighted by atomic mass is 10.0. The summed E-state index contributed by atoms with van der Waals surface area (Å²) < 4.78 is 5.68. The maximum atomic E-state index is 13.2. The van der Waals surface area contributed by atoms with Gasteiger partial charge in [0.2, 0.25) is 5.88 Å². The summed E-state index contributed by atoms with van der Waals surface area (Å²) in [5.41, 5.74) is 17.9. The van der Waals surface area contributed by atoms with Crippen LogP contribution >= 0.6 is 0 Å². The molecule has 5 rings (SSSR count). The number of benzene rings is 1. The van der Waals surface area contributed by atoms with Crippen molar-refractivity contribution in [2.45, 2.75) is 38.6 Å². The van der Waals surface area contributed by atoms with Crippen LogP contribution in [0.5, 0.6) is 5.88 Å². The third kappa shape index (κ3) is 3.71. The number of ether oxygens (including phenoxy) is 1. The number of hydrogen-bond acceptors (Lipinski definition) is 7. The first kappa shape index (κ1) is 20.5. The molecular formula is C24H28N6O2. The van der Waals surface area contributed by atoms with Crippen LogP contribution < -0.4 is 26.4 Å². The molecular weight excluding hydrogens is 404 g/mol. The van der Waals surface area contributed by atoms with E-state index in [0.29, 0.717) is 29.6 Å². The minimum Gasteiger partial charge on any atom is -0.477 e. The first-order chi connectivity index (χ1) is 15.5. The zero-order valence-electron chi connectivity index (χ0n) is 18.2. The van der Waals surface area contributed by atoms with E-state index in [4.69, 9.17) is 16.2 Å². The van der Waals surface area contributed by atoms with Gasteiger partial charge in [0.25, 0.3) is 5.91 Å². The number of piperidine rings is 1. The zero-order chi connectivity index (χ0) is 22.2. The highest BCUT2D eigenvalue weighted by Gasteiger charge is 2.28. The highest BCUT2D eigenvalue weighted by Crippen LogP contribution is 2.39. The predicted molar refractivity (Wildman–Crippen MR) is 126 cm³/mol. The van der Waals surface area contributed by atoms with Crippen molar-refractivity contribution in [2.75, 3.05) is 35.6 Å². The fraction of sp³-hybridized carbons (Fsp3) is 0.375. The Balaban J connectivity index is 1.49. The lowest BCUT2D eigenvalue weighted by Gasteiger charge is -2.34. The number of nitrogens with zero attached hydrogens (tertiary/aromatic N) is 3. The number of nitrogens with one attached hydrogen (secondary N) is 1. The standard InChI is InChI=1S/C24H28N6O2/c1-2-14-10-18(26)16-5-6-19(28-20(16)11-14)23(31)29-21-12-27-24-17(7-9-32-24)22(21)30-8-3-4-15(25)13-30/h5-6,10-12,15H,2-4,7-9,13,25-26H2,1H3,(H,29,31). The Kier molecular flexibility index (Phi) is 5.30. The summed E-state index contributed by atoms with van der Waals surface area (Å²) in [6, 6.07) is 7.61. The van der Waals surface area contributed by atoms with Crippen molar-refractivity contribution in [3.05, 3.63) is 47.3 Å². The molecule has 1 fully saturated rings. The minimum absolute atomic E-state index is 0.110. The van der Waals surface area contributed by atoms with Crippen LogP contribution in [0.4, 0.5) is 17.1 Å². The van der Waals surface area contributed by atoms with Crippen LogP contribution in [0.1, 0.15) is 41.4 Å². The number of anilines is 3. The fourth-order valence-corrected chi connectivity index (χ4v) is 4.63. The molecule has 1 saturated heterocycles. The lowest BCUT2D eigenvalue weighted by molar-refractivity contribution is 0.102. The van der Waals surface area contributed by atoms with E-state index in [0.717, 1.165) is 66.5 Å². The number of carbonyl (C=O) groups is 1. The second-order valence-corrected chi connectivity index (χ2v) is 8.51. The molecule has 1 unspecified atom stereocenters. The van der Waals surface area contributed by atoms with E-state index in [2.05, 4.69) is 27.1 Å². The topological polar surface area (TPSA) is 119 Å². The Morgan fingerprint density at radius 2 is 2.22 bits per heavy atom. The minimum atomic E-state index is -0.282. The molecule has 8 heteroatoms. The number of rotatable bonds is 4. The van der Waals surface area contributed by atoms with Crippen LogP contribution in [0.2, 0.25) is 0 Å². The molecule has 1 amide bonds. The number of hydrogen-bond donors (Lipinski definition) is 3. The summed E-state index contributed by atoms with van der Waals surface area (Å²) in [6.45, 7) is 4.29. The van der Waals surface area contributed by atoms with Gasteiger partial charge in [0.05, 0.1) is 29.7 Å². The molecule has 5 N–H and O–H groups in total. The van der Waals surface area contributed by atoms with Crippen molar-refractivity contribution >= 4 is 33.9 Å². The van der Waals surface area contributed by atoms with Gasteiger partial charge in [-0.2, -0.15) is 0 Å². The van der Waals surface area contributed by atoms with Gasteiger partial charge in [0.15, 0.2) is 0 Å². The molecule has 8 nitrogen and oxygen atoms in total. The number of fused-ring (bicyclic) bond motifs is 2. The van der Waals surface area contributed by atoms with Crippen LogP contribution in [0, 0.1) is 0 Å². The Morgan fingerprint density at radius 1 is 1.34 bits per heavy atom. The van der Waals surface area contributed by atoms with Crippen molar-refractivity contribution < 1.29 is 9.53 Å². The molecule has 166 valence electrons. The van der Waals surface area contributed by atoms with Gasteiger partial charge in [0, 0.05) is 42.2 Å². The molecule has 1 aromatic carbocycles. The number of pyridine rings is 2. The number of aryl methyl sites for hydroxylation is 1. The molecule has 0 aliphatic carbocycles. The van der Waals surface area contributed by atoms with Gasteiger partial charge in [-0.1, -0.05) is 6.92 Å². The molecule has 0 bridgehead atoms. The number of carbonyl (C=O) groups excluding carboxylic acids is 1. The Labute approximate surface area is 187 Å². The third-order valence-electron chi connectivity index (χ3n) is 6.26. The molecule has 4 heterocycles. The van der Waals surface area contributed by atoms with Crippen molar-refractivity contribution in [3.63, 3.8) is 0 Å². The molecule has 32 heavy (non-hydrogen) atoms. The van der Waals surface area contributed by atoms with Crippen molar-refractivity contribution in [3.8, 4) is 5.88 Å². The summed E-state index contributed by atoms with van der Waals surface area (Å²) >= 11 is 0. The number of aromatic nitrogens is 2. The number of nitrogens with two attached hydrogens (primary N) is 2. The smallest absolute Gasteiger partial charge is 0.274 e. The predicted octanol–water partition coefficient (Wildman–Crippen LogP) is 2.89. The monoisotopic (exact) mass is 432 g/mol. The van der Waals surface area contributed by atoms with Crippen LogP contribution in [0.25, 0.3) is 10.9 Å². The van der Waals surface area contributed by atoms with Crippen LogP contribution in [0.15, 0.2) is 30.5 Å². The zero-order valence-corrected chi connectivity index (χ0v) is 18.2. The van der Waals surface area contributed by atoms with Crippen molar-refractivity contribution in [2.24, 2.45) is 5.73 Å². The SMILES string of the molecule is CCc1cc(N)c2ccc(C(=O)Nc3cnc4c(c3N3CCCC(N)C3)CCO4)nc2c1. The Morgan fingerprint density at radius 3 is 3.03 bits per heavy atom. The molecule has 2 aliphatic heterocycles. The van der Waals surface area contributed by atoms with E-state index in [-0.39, 0.29) is 11.9 Å². The van der Waals surface area contributed by atoms with E-state index in [1.165, 1.54) is 0 Å². The molecule has 2 aromatic heterocycles. The van der Waals surface area contributed by atoms with Crippen LogP contribution in [-0.2, 0) is 12.8 Å². The van der Waals surface area contributed by atoms with E-state index >= 15 is 0 Å². The Hall–Kier alpha value is -3.39. The van der Waals surface area contributed by atoms with Gasteiger partial charge in [-0.25, -0.2) is 9.97 Å². The van der Waals surface area contributed by atoms with Gasteiger partial charge >= 0.3 is 0 Å². The van der Waals surface area contributed by atoms with Gasteiger partial charge in [-0.05, 0) is 49.1 Å². The summed E-state index contributed by atoms with van der Waals surface area (Å²) in [5.74, 6) is 0.360. The van der Waals surface area contributed by atoms with Gasteiger partial charge in [-0.15, -0.1) is 0 Å². The fourth-order valence-electron chi connectivity index (χ4n) is 4.63. The highest BCUT2D eigenvalue weighted by atomic mass is 16.5. The van der Waals surface area contributed by atoms with Gasteiger partial charge in [0.1, 0.15) is 5.69 Å². The largest absolute Gasteiger partial charge is 0.477 e. The summed E-state index contributed by atoms with van der Waals surface area (Å²) in [6.07, 6.45) is 5.31. The van der Waals surface area contributed by atoms with Crippen molar-refractivity contribution in [1.82, 2.24) is 9.97 Å². The average Bonchev–Trinajstić information content (AvgIpc) is 3.27. The molecule has 1 atom stereocenters. The van der Waals surface area contributed by atoms with Crippen LogP contribution in [-0.4, -0.2) is 41.6 Å². The quantitative estimate of drug-likeness (QED) is 0.542. The summed E-state index contributed by atoms with van der Waals surface area (Å²) in [5, 5.41) is 3.89. The third-order valence-corrected chi connectivity index (χ3v) is 6.26.